The molecular weight excluding hydrogens is 224 g/mol. The van der Waals surface area contributed by atoms with Gasteiger partial charge in [0.05, 0.1) is 11.9 Å². The van der Waals surface area contributed by atoms with E-state index in [-0.39, 0.29) is 0 Å². The summed E-state index contributed by atoms with van der Waals surface area (Å²) in [6, 6.07) is 6.01. The van der Waals surface area contributed by atoms with Crippen LogP contribution in [0.5, 0.6) is 11.6 Å². The molecule has 0 aliphatic rings. The van der Waals surface area contributed by atoms with E-state index in [0.29, 0.717) is 11.6 Å². The number of hydrogen-bond acceptors (Lipinski definition) is 3. The summed E-state index contributed by atoms with van der Waals surface area (Å²) < 4.78 is 5.89. The first-order valence-corrected chi connectivity index (χ1v) is 5.96. The number of rotatable bonds is 2. The van der Waals surface area contributed by atoms with Gasteiger partial charge in [-0.2, -0.15) is 0 Å². The van der Waals surface area contributed by atoms with Gasteiger partial charge in [0.25, 0.3) is 0 Å². The molecular formula is C15H18N2O. The largest absolute Gasteiger partial charge is 0.438 e. The van der Waals surface area contributed by atoms with Crippen LogP contribution in [0.15, 0.2) is 24.4 Å². The van der Waals surface area contributed by atoms with Gasteiger partial charge >= 0.3 is 0 Å². The predicted molar refractivity (Wildman–Crippen MR) is 74.1 cm³/mol. The van der Waals surface area contributed by atoms with E-state index in [9.17, 15) is 0 Å². The normalized spacial score (nSPS) is 10.4. The molecule has 0 unspecified atom stereocenters. The summed E-state index contributed by atoms with van der Waals surface area (Å²) in [6.45, 7) is 8.11. The van der Waals surface area contributed by atoms with Gasteiger partial charge in [-0.05, 0) is 49.9 Å². The Morgan fingerprint density at radius 2 is 1.67 bits per heavy atom. The van der Waals surface area contributed by atoms with Crippen molar-refractivity contribution in [3.63, 3.8) is 0 Å². The number of anilines is 1. The molecule has 0 spiro atoms. The van der Waals surface area contributed by atoms with E-state index in [2.05, 4.69) is 31.0 Å². The van der Waals surface area contributed by atoms with Gasteiger partial charge in [0.2, 0.25) is 5.88 Å². The molecule has 94 valence electrons. The second-order valence-electron chi connectivity index (χ2n) is 4.63. The van der Waals surface area contributed by atoms with Crippen LogP contribution in [0.3, 0.4) is 0 Å². The Morgan fingerprint density at radius 1 is 1.00 bits per heavy atom. The van der Waals surface area contributed by atoms with Crippen molar-refractivity contribution < 1.29 is 4.74 Å². The van der Waals surface area contributed by atoms with Gasteiger partial charge in [-0.25, -0.2) is 4.98 Å². The summed E-state index contributed by atoms with van der Waals surface area (Å²) in [5.74, 6) is 1.46. The first kappa shape index (κ1) is 12.4. The highest BCUT2D eigenvalue weighted by Gasteiger charge is 2.09. The molecule has 1 heterocycles. The van der Waals surface area contributed by atoms with Gasteiger partial charge < -0.3 is 10.5 Å². The van der Waals surface area contributed by atoms with Crippen molar-refractivity contribution in [1.29, 1.82) is 0 Å². The molecule has 0 atom stereocenters. The molecule has 3 nitrogen and oxygen atoms in total. The van der Waals surface area contributed by atoms with Crippen LogP contribution in [-0.2, 0) is 0 Å². The maximum absolute atomic E-state index is 5.89. The highest BCUT2D eigenvalue weighted by atomic mass is 16.5. The van der Waals surface area contributed by atoms with Crippen molar-refractivity contribution in [3.8, 4) is 11.6 Å². The molecule has 3 heteroatoms. The van der Waals surface area contributed by atoms with Crippen LogP contribution in [0.4, 0.5) is 5.69 Å². The first-order valence-electron chi connectivity index (χ1n) is 5.96. The lowest BCUT2D eigenvalue weighted by atomic mass is 10.1. The van der Waals surface area contributed by atoms with Crippen LogP contribution < -0.4 is 10.5 Å². The zero-order valence-corrected chi connectivity index (χ0v) is 11.2. The molecule has 0 saturated heterocycles. The second kappa shape index (κ2) is 4.69. The number of nitrogens with zero attached hydrogens (tertiary/aromatic N) is 1. The number of hydrogen-bond donors (Lipinski definition) is 1. The molecule has 0 aliphatic heterocycles. The summed E-state index contributed by atoms with van der Waals surface area (Å²) in [5, 5.41) is 0. The van der Waals surface area contributed by atoms with E-state index in [1.165, 1.54) is 5.56 Å². The van der Waals surface area contributed by atoms with Gasteiger partial charge in [0.1, 0.15) is 5.75 Å². The lowest BCUT2D eigenvalue weighted by Crippen LogP contribution is -1.97. The predicted octanol–water partition coefficient (Wildman–Crippen LogP) is 3.69. The van der Waals surface area contributed by atoms with Crippen molar-refractivity contribution in [1.82, 2.24) is 4.98 Å². The molecule has 0 bridgehead atoms. The molecule has 2 rings (SSSR count). The van der Waals surface area contributed by atoms with Crippen molar-refractivity contribution in [3.05, 3.63) is 46.6 Å². The molecule has 0 saturated carbocycles. The Hall–Kier alpha value is -2.03. The molecule has 2 aromatic rings. The van der Waals surface area contributed by atoms with Crippen LogP contribution in [0.25, 0.3) is 0 Å². The number of pyridine rings is 1. The smallest absolute Gasteiger partial charge is 0.219 e. The maximum atomic E-state index is 5.89. The van der Waals surface area contributed by atoms with Crippen LogP contribution in [0.2, 0.25) is 0 Å². The highest BCUT2D eigenvalue weighted by Crippen LogP contribution is 2.30. The third-order valence-corrected chi connectivity index (χ3v) is 3.21. The summed E-state index contributed by atoms with van der Waals surface area (Å²) in [7, 11) is 0. The Morgan fingerprint density at radius 3 is 2.33 bits per heavy atom. The van der Waals surface area contributed by atoms with E-state index in [4.69, 9.17) is 10.5 Å². The number of ether oxygens (including phenoxy) is 1. The quantitative estimate of drug-likeness (QED) is 0.873. The molecule has 1 aromatic carbocycles. The van der Waals surface area contributed by atoms with Crippen LogP contribution in [0, 0.1) is 27.7 Å². The van der Waals surface area contributed by atoms with E-state index in [1.54, 1.807) is 6.20 Å². The number of nitrogen functional groups attached to an aromatic ring is 1. The number of aromatic nitrogens is 1. The lowest BCUT2D eigenvalue weighted by molar-refractivity contribution is 0.455. The fourth-order valence-electron chi connectivity index (χ4n) is 1.78. The van der Waals surface area contributed by atoms with Crippen molar-refractivity contribution in [2.45, 2.75) is 27.7 Å². The molecule has 0 amide bonds. The fraction of sp³-hybridized carbons (Fsp3) is 0.267. The molecule has 0 aliphatic carbocycles. The maximum Gasteiger partial charge on any atom is 0.219 e. The van der Waals surface area contributed by atoms with Gasteiger partial charge in [0, 0.05) is 6.07 Å². The summed E-state index contributed by atoms with van der Waals surface area (Å²) in [5.41, 5.74) is 10.9. The van der Waals surface area contributed by atoms with E-state index in [0.717, 1.165) is 22.4 Å². The van der Waals surface area contributed by atoms with Crippen molar-refractivity contribution >= 4 is 5.69 Å². The van der Waals surface area contributed by atoms with Gasteiger partial charge in [-0.15, -0.1) is 0 Å². The van der Waals surface area contributed by atoms with E-state index >= 15 is 0 Å². The molecule has 2 N–H and O–H groups in total. The minimum atomic E-state index is 0.582. The highest BCUT2D eigenvalue weighted by molar-refractivity contribution is 5.49. The SMILES string of the molecule is Cc1cc(Oc2c(C)ccc(C)c2C)ncc1N. The monoisotopic (exact) mass is 242 g/mol. The first-order chi connectivity index (χ1) is 8.49. The number of aryl methyl sites for hydroxylation is 3. The average molecular weight is 242 g/mol. The van der Waals surface area contributed by atoms with Gasteiger partial charge in [-0.1, -0.05) is 12.1 Å². The third kappa shape index (κ3) is 2.30. The van der Waals surface area contributed by atoms with E-state index < -0.39 is 0 Å². The molecule has 0 radical (unpaired) electrons. The van der Waals surface area contributed by atoms with Crippen LogP contribution in [0.1, 0.15) is 22.3 Å². The summed E-state index contributed by atoms with van der Waals surface area (Å²) in [4.78, 5) is 4.20. The Kier molecular flexibility index (Phi) is 3.24. The Balaban J connectivity index is 2.39. The van der Waals surface area contributed by atoms with Crippen molar-refractivity contribution in [2.75, 3.05) is 5.73 Å². The van der Waals surface area contributed by atoms with Gasteiger partial charge in [-0.3, -0.25) is 0 Å². The zero-order chi connectivity index (χ0) is 13.3. The number of benzene rings is 1. The van der Waals surface area contributed by atoms with Crippen LogP contribution in [-0.4, -0.2) is 4.98 Å². The second-order valence-corrected chi connectivity index (χ2v) is 4.63. The summed E-state index contributed by atoms with van der Waals surface area (Å²) in [6.07, 6.45) is 1.63. The Labute approximate surface area is 108 Å². The topological polar surface area (TPSA) is 48.1 Å². The molecule has 18 heavy (non-hydrogen) atoms. The number of nitrogens with two attached hydrogens (primary N) is 1. The minimum absolute atomic E-state index is 0.582. The molecule has 1 aromatic heterocycles. The standard InChI is InChI=1S/C15H18N2O/c1-9-5-6-10(2)15(12(9)4)18-14-7-11(3)13(16)8-17-14/h5-8H,16H2,1-4H3. The third-order valence-electron chi connectivity index (χ3n) is 3.21. The average Bonchev–Trinajstić information content (AvgIpc) is 2.34. The lowest BCUT2D eigenvalue weighted by Gasteiger charge is -2.13. The van der Waals surface area contributed by atoms with Crippen molar-refractivity contribution in [2.24, 2.45) is 0 Å². The fourth-order valence-corrected chi connectivity index (χ4v) is 1.78. The summed E-state index contributed by atoms with van der Waals surface area (Å²) >= 11 is 0. The van der Waals surface area contributed by atoms with E-state index in [1.807, 2.05) is 19.9 Å². The van der Waals surface area contributed by atoms with Crippen LogP contribution >= 0.6 is 0 Å². The Bertz CT molecular complexity index is 591. The van der Waals surface area contributed by atoms with Gasteiger partial charge in [0.15, 0.2) is 0 Å². The molecule has 0 fully saturated rings. The minimum Gasteiger partial charge on any atom is -0.438 e. The zero-order valence-electron chi connectivity index (χ0n) is 11.2.